The number of rotatable bonds is 5. The van der Waals surface area contributed by atoms with Gasteiger partial charge in [-0.15, -0.1) is 23.2 Å². The number of alkyl halides is 2. The van der Waals surface area contributed by atoms with Crippen molar-refractivity contribution in [3.8, 4) is 0 Å². The molecule has 0 nitrogen and oxygen atoms in total. The second-order valence-corrected chi connectivity index (χ2v) is 6.80. The Hall–Kier alpha value is -0.280. The fourth-order valence-electron chi connectivity index (χ4n) is 2.29. The molecule has 0 saturated heterocycles. The zero-order chi connectivity index (χ0) is 15.5. The lowest BCUT2D eigenvalue weighted by atomic mass is 9.78. The van der Waals surface area contributed by atoms with Crippen LogP contribution in [0.15, 0.2) is 46.9 Å². The zero-order valence-electron chi connectivity index (χ0n) is 11.1. The molecule has 0 aliphatic carbocycles. The van der Waals surface area contributed by atoms with Crippen LogP contribution in [0.4, 0.5) is 4.39 Å². The first-order valence-corrected chi connectivity index (χ1v) is 8.57. The summed E-state index contributed by atoms with van der Waals surface area (Å²) >= 11 is 21.9. The van der Waals surface area contributed by atoms with Crippen LogP contribution in [0.2, 0.25) is 5.02 Å². The van der Waals surface area contributed by atoms with Gasteiger partial charge < -0.3 is 0 Å². The van der Waals surface area contributed by atoms with Gasteiger partial charge in [0.2, 0.25) is 0 Å². The van der Waals surface area contributed by atoms with Gasteiger partial charge in [0.05, 0.1) is 0 Å². The molecule has 5 heteroatoms. The predicted molar refractivity (Wildman–Crippen MR) is 92.4 cm³/mol. The van der Waals surface area contributed by atoms with Crippen molar-refractivity contribution in [2.45, 2.75) is 11.8 Å². The molecule has 0 saturated carbocycles. The first-order chi connectivity index (χ1) is 10.0. The van der Waals surface area contributed by atoms with Crippen LogP contribution >= 0.6 is 50.7 Å². The molecule has 0 unspecified atom stereocenters. The summed E-state index contributed by atoms with van der Waals surface area (Å²) in [6, 6.07) is 12.4. The van der Waals surface area contributed by atoms with E-state index in [4.69, 9.17) is 34.8 Å². The maximum absolute atomic E-state index is 14.1. The normalized spacial score (nSPS) is 11.7. The molecule has 0 radical (unpaired) electrons. The number of halogens is 5. The third-order valence-corrected chi connectivity index (χ3v) is 5.35. The number of benzene rings is 2. The third kappa shape index (κ3) is 3.73. The minimum absolute atomic E-state index is 0.260. The molecule has 0 aliphatic rings. The molecule has 0 bridgehead atoms. The summed E-state index contributed by atoms with van der Waals surface area (Å²) in [5.41, 5.74) is 0.814. The van der Waals surface area contributed by atoms with E-state index in [2.05, 4.69) is 15.9 Å². The lowest BCUT2D eigenvalue weighted by Gasteiger charge is -2.31. The lowest BCUT2D eigenvalue weighted by molar-refractivity contribution is 0.512. The summed E-state index contributed by atoms with van der Waals surface area (Å²) in [6.45, 7) is 0. The number of hydrogen-bond acceptors (Lipinski definition) is 0. The average molecular weight is 411 g/mol. The van der Waals surface area contributed by atoms with Crippen LogP contribution in [0, 0.1) is 5.82 Å². The molecule has 0 aliphatic heterocycles. The average Bonchev–Trinajstić information content (AvgIpc) is 2.48. The SMILES string of the molecule is Fc1cc(Br)ccc1CC(CCl)(CCl)c1ccccc1Cl. The van der Waals surface area contributed by atoms with Crippen molar-refractivity contribution in [3.05, 3.63) is 68.9 Å². The Labute approximate surface area is 147 Å². The van der Waals surface area contributed by atoms with Crippen molar-refractivity contribution in [1.29, 1.82) is 0 Å². The molecule has 0 spiro atoms. The largest absolute Gasteiger partial charge is 0.207 e. The van der Waals surface area contributed by atoms with E-state index in [1.165, 1.54) is 6.07 Å². The fourth-order valence-corrected chi connectivity index (χ4v) is 3.72. The highest BCUT2D eigenvalue weighted by Gasteiger charge is 2.33. The lowest BCUT2D eigenvalue weighted by Crippen LogP contribution is -2.34. The highest BCUT2D eigenvalue weighted by molar-refractivity contribution is 9.10. The van der Waals surface area contributed by atoms with Gasteiger partial charge in [-0.05, 0) is 35.7 Å². The Bertz CT molecular complexity index is 627. The summed E-state index contributed by atoms with van der Waals surface area (Å²) in [5.74, 6) is 0.238. The summed E-state index contributed by atoms with van der Waals surface area (Å²) < 4.78 is 14.8. The molecule has 0 amide bonds. The Morgan fingerprint density at radius 3 is 2.29 bits per heavy atom. The summed E-state index contributed by atoms with van der Waals surface area (Å²) in [6.07, 6.45) is 0.392. The van der Waals surface area contributed by atoms with Crippen LogP contribution in [-0.2, 0) is 11.8 Å². The summed E-state index contributed by atoms with van der Waals surface area (Å²) in [4.78, 5) is 0. The van der Waals surface area contributed by atoms with Crippen LogP contribution in [0.1, 0.15) is 11.1 Å². The van der Waals surface area contributed by atoms with Crippen molar-refractivity contribution >= 4 is 50.7 Å². The minimum atomic E-state index is -0.601. The Balaban J connectivity index is 2.46. The molecule has 0 atom stereocenters. The van der Waals surface area contributed by atoms with Crippen molar-refractivity contribution in [3.63, 3.8) is 0 Å². The molecular weight excluding hydrogens is 397 g/mol. The quantitative estimate of drug-likeness (QED) is 0.515. The first-order valence-electron chi connectivity index (χ1n) is 6.33. The van der Waals surface area contributed by atoms with Crippen LogP contribution in [0.25, 0.3) is 0 Å². The zero-order valence-corrected chi connectivity index (χ0v) is 14.9. The van der Waals surface area contributed by atoms with Gasteiger partial charge in [0.15, 0.2) is 0 Å². The topological polar surface area (TPSA) is 0 Å². The maximum atomic E-state index is 14.1. The molecule has 2 aromatic rings. The molecular formula is C16H13BrCl3F. The molecule has 0 fully saturated rings. The van der Waals surface area contributed by atoms with E-state index in [0.717, 1.165) is 5.56 Å². The van der Waals surface area contributed by atoms with E-state index in [0.29, 0.717) is 21.5 Å². The summed E-state index contributed by atoms with van der Waals surface area (Å²) in [7, 11) is 0. The van der Waals surface area contributed by atoms with E-state index < -0.39 is 5.41 Å². The second-order valence-electron chi connectivity index (χ2n) is 4.94. The van der Waals surface area contributed by atoms with Gasteiger partial charge in [-0.25, -0.2) is 4.39 Å². The first kappa shape index (κ1) is 17.1. The van der Waals surface area contributed by atoms with Crippen LogP contribution in [-0.4, -0.2) is 11.8 Å². The van der Waals surface area contributed by atoms with E-state index in [9.17, 15) is 4.39 Å². The van der Waals surface area contributed by atoms with Crippen molar-refractivity contribution in [2.75, 3.05) is 11.8 Å². The van der Waals surface area contributed by atoms with Gasteiger partial charge in [0.25, 0.3) is 0 Å². The van der Waals surface area contributed by atoms with Gasteiger partial charge in [-0.3, -0.25) is 0 Å². The number of hydrogen-bond donors (Lipinski definition) is 0. The van der Waals surface area contributed by atoms with Gasteiger partial charge in [-0.2, -0.15) is 0 Å². The summed E-state index contributed by atoms with van der Waals surface area (Å²) in [5, 5.41) is 0.594. The Kier molecular flexibility index (Phi) is 5.96. The molecule has 2 rings (SSSR count). The Morgan fingerprint density at radius 2 is 1.71 bits per heavy atom. The van der Waals surface area contributed by atoms with Crippen LogP contribution in [0.3, 0.4) is 0 Å². The smallest absolute Gasteiger partial charge is 0.127 e. The van der Waals surface area contributed by atoms with E-state index in [1.54, 1.807) is 18.2 Å². The van der Waals surface area contributed by atoms with Crippen LogP contribution < -0.4 is 0 Å². The molecule has 0 N–H and O–H groups in total. The fraction of sp³-hybridized carbons (Fsp3) is 0.250. The molecule has 2 aromatic carbocycles. The molecule has 0 heterocycles. The van der Waals surface area contributed by atoms with Crippen LogP contribution in [0.5, 0.6) is 0 Å². The van der Waals surface area contributed by atoms with E-state index in [-0.39, 0.29) is 17.6 Å². The van der Waals surface area contributed by atoms with Crippen molar-refractivity contribution in [1.82, 2.24) is 0 Å². The Morgan fingerprint density at radius 1 is 1.05 bits per heavy atom. The highest BCUT2D eigenvalue weighted by atomic mass is 79.9. The van der Waals surface area contributed by atoms with E-state index in [1.807, 2.05) is 18.2 Å². The molecule has 21 heavy (non-hydrogen) atoms. The standard InChI is InChI=1S/C16H13BrCl3F/c17-12-6-5-11(15(21)7-12)8-16(9-18,10-19)13-3-1-2-4-14(13)20/h1-7H,8-10H2. The molecule has 0 aromatic heterocycles. The third-order valence-electron chi connectivity index (χ3n) is 3.50. The molecule has 112 valence electrons. The monoisotopic (exact) mass is 408 g/mol. The van der Waals surface area contributed by atoms with Gasteiger partial charge in [0, 0.05) is 26.7 Å². The second kappa shape index (κ2) is 7.32. The van der Waals surface area contributed by atoms with E-state index >= 15 is 0 Å². The van der Waals surface area contributed by atoms with Crippen molar-refractivity contribution < 1.29 is 4.39 Å². The highest BCUT2D eigenvalue weighted by Crippen LogP contribution is 2.36. The predicted octanol–water partition coefficient (Wildman–Crippen LogP) is 6.20. The van der Waals surface area contributed by atoms with Crippen molar-refractivity contribution in [2.24, 2.45) is 0 Å². The maximum Gasteiger partial charge on any atom is 0.127 e. The van der Waals surface area contributed by atoms with Gasteiger partial charge >= 0.3 is 0 Å². The minimum Gasteiger partial charge on any atom is -0.207 e. The van der Waals surface area contributed by atoms with Gasteiger partial charge in [-0.1, -0.05) is 51.8 Å². The van der Waals surface area contributed by atoms with Gasteiger partial charge in [0.1, 0.15) is 5.82 Å².